The number of carbonyl (C=O) groups excluding carboxylic acids is 1. The average molecular weight is 161 g/mol. The van der Waals surface area contributed by atoms with Gasteiger partial charge in [0.15, 0.2) is 0 Å². The van der Waals surface area contributed by atoms with Crippen molar-refractivity contribution < 1.29 is 14.7 Å². The number of carboxylic acid groups (broad SMARTS) is 1. The number of rotatable bonds is 2. The van der Waals surface area contributed by atoms with Crippen molar-refractivity contribution in [2.75, 3.05) is 6.26 Å². The molecule has 0 aromatic carbocycles. The van der Waals surface area contributed by atoms with Gasteiger partial charge < -0.3 is 10.4 Å². The molecule has 5 heteroatoms. The molecule has 10 heavy (non-hydrogen) atoms. The van der Waals surface area contributed by atoms with Crippen LogP contribution in [0.15, 0.2) is 0 Å². The standard InChI is InChI=1S/C5H7NO3S/c1-10-3-2(5(8)9)6-4(3)7/h2-3H,1H3,(H,6,7)(H,8,9)/t2-,3+/m0/s1. The van der Waals surface area contributed by atoms with E-state index in [2.05, 4.69) is 5.32 Å². The van der Waals surface area contributed by atoms with Crippen LogP contribution in [0.4, 0.5) is 0 Å². The fourth-order valence-electron chi connectivity index (χ4n) is 0.801. The van der Waals surface area contributed by atoms with E-state index in [1.807, 2.05) is 0 Å². The van der Waals surface area contributed by atoms with Crippen LogP contribution in [-0.2, 0) is 9.59 Å². The molecule has 0 aromatic heterocycles. The van der Waals surface area contributed by atoms with Crippen molar-refractivity contribution in [2.24, 2.45) is 0 Å². The molecule has 1 fully saturated rings. The van der Waals surface area contributed by atoms with Crippen molar-refractivity contribution in [3.63, 3.8) is 0 Å². The van der Waals surface area contributed by atoms with Gasteiger partial charge in [0.2, 0.25) is 5.91 Å². The molecule has 0 aliphatic carbocycles. The lowest BCUT2D eigenvalue weighted by Gasteiger charge is -2.31. The number of nitrogens with one attached hydrogen (secondary N) is 1. The molecule has 4 nitrogen and oxygen atoms in total. The Morgan fingerprint density at radius 1 is 1.80 bits per heavy atom. The second kappa shape index (κ2) is 2.49. The van der Waals surface area contributed by atoms with Gasteiger partial charge >= 0.3 is 5.97 Å². The van der Waals surface area contributed by atoms with Crippen molar-refractivity contribution >= 4 is 23.6 Å². The summed E-state index contributed by atoms with van der Waals surface area (Å²) in [6, 6.07) is -0.678. The van der Waals surface area contributed by atoms with Gasteiger partial charge in [0.1, 0.15) is 11.3 Å². The lowest BCUT2D eigenvalue weighted by molar-refractivity contribution is -0.147. The molecule has 0 bridgehead atoms. The largest absolute Gasteiger partial charge is 0.480 e. The lowest BCUT2D eigenvalue weighted by Crippen LogP contribution is -2.64. The third kappa shape index (κ3) is 0.965. The highest BCUT2D eigenvalue weighted by Gasteiger charge is 2.43. The van der Waals surface area contributed by atoms with Gasteiger partial charge in [-0.15, -0.1) is 11.8 Å². The van der Waals surface area contributed by atoms with Crippen molar-refractivity contribution in [1.82, 2.24) is 5.32 Å². The second-order valence-corrected chi connectivity index (χ2v) is 2.96. The molecule has 2 atom stereocenters. The number of carboxylic acids is 1. The number of β-lactam (4-membered cyclic amide) rings is 1. The molecule has 1 heterocycles. The maximum atomic E-state index is 10.6. The van der Waals surface area contributed by atoms with E-state index in [1.165, 1.54) is 11.8 Å². The minimum Gasteiger partial charge on any atom is -0.480 e. The fourth-order valence-corrected chi connectivity index (χ4v) is 1.54. The zero-order chi connectivity index (χ0) is 7.72. The summed E-state index contributed by atoms with van der Waals surface area (Å²) in [4.78, 5) is 20.8. The number of amides is 1. The Morgan fingerprint density at radius 3 is 2.60 bits per heavy atom. The van der Waals surface area contributed by atoms with Crippen LogP contribution in [0.2, 0.25) is 0 Å². The second-order valence-electron chi connectivity index (χ2n) is 1.98. The molecule has 2 N–H and O–H groups in total. The quantitative estimate of drug-likeness (QED) is 0.526. The van der Waals surface area contributed by atoms with Crippen LogP contribution in [0.5, 0.6) is 0 Å². The summed E-state index contributed by atoms with van der Waals surface area (Å²) >= 11 is 1.26. The predicted octanol–water partition coefficient (Wildman–Crippen LogP) is -0.699. The van der Waals surface area contributed by atoms with Crippen LogP contribution in [0.25, 0.3) is 0 Å². The van der Waals surface area contributed by atoms with Gasteiger partial charge in [-0.25, -0.2) is 4.79 Å². The maximum absolute atomic E-state index is 10.6. The SMILES string of the molecule is CS[C@H]1C(=O)N[C@@H]1C(=O)O. The first-order valence-corrected chi connectivity index (χ1v) is 4.01. The van der Waals surface area contributed by atoms with E-state index in [0.29, 0.717) is 0 Å². The van der Waals surface area contributed by atoms with E-state index in [0.717, 1.165) is 0 Å². The Labute approximate surface area is 62.0 Å². The average Bonchev–Trinajstić information content (AvgIpc) is 1.83. The highest BCUT2D eigenvalue weighted by atomic mass is 32.2. The van der Waals surface area contributed by atoms with Crippen molar-refractivity contribution in [2.45, 2.75) is 11.3 Å². The zero-order valence-electron chi connectivity index (χ0n) is 5.33. The highest BCUT2D eigenvalue weighted by molar-refractivity contribution is 8.00. The molecule has 0 unspecified atom stereocenters. The van der Waals surface area contributed by atoms with Gasteiger partial charge in [0.05, 0.1) is 0 Å². The Bertz CT molecular complexity index is 174. The highest BCUT2D eigenvalue weighted by Crippen LogP contribution is 2.19. The topological polar surface area (TPSA) is 66.4 Å². The maximum Gasteiger partial charge on any atom is 0.327 e. The molecule has 0 aromatic rings. The van der Waals surface area contributed by atoms with E-state index in [-0.39, 0.29) is 5.91 Å². The van der Waals surface area contributed by atoms with Crippen molar-refractivity contribution in [3.05, 3.63) is 0 Å². The van der Waals surface area contributed by atoms with Crippen molar-refractivity contribution in [3.8, 4) is 0 Å². The lowest BCUT2D eigenvalue weighted by atomic mass is 10.1. The summed E-state index contributed by atoms with van der Waals surface area (Å²) in [5.41, 5.74) is 0. The van der Waals surface area contributed by atoms with Crippen LogP contribution in [-0.4, -0.2) is 34.5 Å². The van der Waals surface area contributed by atoms with Gasteiger partial charge in [-0.2, -0.15) is 0 Å². The molecule has 0 radical (unpaired) electrons. The van der Waals surface area contributed by atoms with Crippen molar-refractivity contribution in [1.29, 1.82) is 0 Å². The van der Waals surface area contributed by atoms with Crippen LogP contribution in [0.3, 0.4) is 0 Å². The van der Waals surface area contributed by atoms with E-state index in [1.54, 1.807) is 6.26 Å². The normalized spacial score (nSPS) is 30.7. The molecule has 0 saturated carbocycles. The number of thioether (sulfide) groups is 1. The Morgan fingerprint density at radius 2 is 2.40 bits per heavy atom. The third-order valence-electron chi connectivity index (χ3n) is 1.38. The molecule has 1 rings (SSSR count). The molecule has 1 saturated heterocycles. The van der Waals surface area contributed by atoms with Gasteiger partial charge in [-0.1, -0.05) is 0 Å². The predicted molar refractivity (Wildman–Crippen MR) is 36.9 cm³/mol. The summed E-state index contributed by atoms with van der Waals surface area (Å²) in [5.74, 6) is -1.14. The van der Waals surface area contributed by atoms with E-state index in [9.17, 15) is 9.59 Å². The van der Waals surface area contributed by atoms with E-state index < -0.39 is 17.3 Å². The van der Waals surface area contributed by atoms with E-state index in [4.69, 9.17) is 5.11 Å². The molecular formula is C5H7NO3S. The summed E-state index contributed by atoms with van der Waals surface area (Å²) in [5, 5.41) is 10.3. The summed E-state index contributed by atoms with van der Waals surface area (Å²) in [7, 11) is 0. The molecule has 1 aliphatic heterocycles. The monoisotopic (exact) mass is 161 g/mol. The van der Waals surface area contributed by atoms with Gasteiger partial charge in [-0.3, -0.25) is 4.79 Å². The minimum atomic E-state index is -0.959. The van der Waals surface area contributed by atoms with Gasteiger partial charge in [-0.05, 0) is 6.26 Å². The molecule has 1 amide bonds. The van der Waals surface area contributed by atoms with Crippen LogP contribution >= 0.6 is 11.8 Å². The first-order valence-electron chi connectivity index (χ1n) is 2.73. The number of hydrogen-bond acceptors (Lipinski definition) is 3. The van der Waals surface area contributed by atoms with Crippen LogP contribution in [0, 0.1) is 0 Å². The Kier molecular flexibility index (Phi) is 1.85. The molecular weight excluding hydrogens is 154 g/mol. The molecule has 0 spiro atoms. The number of carbonyl (C=O) groups is 2. The van der Waals surface area contributed by atoms with Crippen LogP contribution in [0.1, 0.15) is 0 Å². The number of hydrogen-bond donors (Lipinski definition) is 2. The summed E-state index contributed by atoms with van der Waals surface area (Å²) in [6.07, 6.45) is 1.72. The Hall–Kier alpha value is -0.710. The van der Waals surface area contributed by atoms with Gasteiger partial charge in [0, 0.05) is 0 Å². The molecule has 56 valence electrons. The van der Waals surface area contributed by atoms with E-state index >= 15 is 0 Å². The number of aliphatic carboxylic acids is 1. The first kappa shape index (κ1) is 7.40. The third-order valence-corrected chi connectivity index (χ3v) is 2.37. The fraction of sp³-hybridized carbons (Fsp3) is 0.600. The minimum absolute atomic E-state index is 0.181. The Balaban J connectivity index is 2.53. The summed E-state index contributed by atoms with van der Waals surface area (Å²) in [6.45, 7) is 0. The smallest absolute Gasteiger partial charge is 0.327 e. The first-order chi connectivity index (χ1) is 4.66. The van der Waals surface area contributed by atoms with Gasteiger partial charge in [0.25, 0.3) is 0 Å². The summed E-state index contributed by atoms with van der Waals surface area (Å²) < 4.78 is 0. The zero-order valence-corrected chi connectivity index (χ0v) is 6.14. The van der Waals surface area contributed by atoms with Crippen LogP contribution < -0.4 is 5.32 Å². The molecule has 1 aliphatic rings.